The maximum Gasteiger partial charge on any atom is 0.315 e. The van der Waals surface area contributed by atoms with E-state index in [1.54, 1.807) is 7.11 Å². The van der Waals surface area contributed by atoms with Crippen LogP contribution >= 0.6 is 11.6 Å². The van der Waals surface area contributed by atoms with Gasteiger partial charge in [-0.15, -0.1) is 0 Å². The molecule has 2 aromatic carbocycles. The van der Waals surface area contributed by atoms with Crippen molar-refractivity contribution in [2.45, 2.75) is 19.5 Å². The first-order valence-electron chi connectivity index (χ1n) is 7.01. The second-order valence-corrected chi connectivity index (χ2v) is 5.39. The minimum absolute atomic E-state index is 0.0948. The minimum atomic E-state index is -0.217. The summed E-state index contributed by atoms with van der Waals surface area (Å²) in [7, 11) is 1.62. The first-order chi connectivity index (χ1) is 10.6. The van der Waals surface area contributed by atoms with E-state index in [0.717, 1.165) is 16.9 Å². The van der Waals surface area contributed by atoms with Crippen molar-refractivity contribution < 1.29 is 9.53 Å². The molecular formula is C17H19ClN2O2. The van der Waals surface area contributed by atoms with Gasteiger partial charge in [-0.1, -0.05) is 35.9 Å². The Labute approximate surface area is 135 Å². The summed E-state index contributed by atoms with van der Waals surface area (Å²) in [6.07, 6.45) is 0. The number of hydrogen-bond donors (Lipinski definition) is 2. The molecule has 116 valence electrons. The van der Waals surface area contributed by atoms with Crippen molar-refractivity contribution in [3.05, 3.63) is 64.7 Å². The molecule has 0 fully saturated rings. The van der Waals surface area contributed by atoms with Gasteiger partial charge in [0.05, 0.1) is 13.2 Å². The fourth-order valence-electron chi connectivity index (χ4n) is 2.05. The van der Waals surface area contributed by atoms with Crippen molar-refractivity contribution in [3.8, 4) is 5.75 Å². The second kappa shape index (κ2) is 7.71. The molecule has 2 aromatic rings. The predicted molar refractivity (Wildman–Crippen MR) is 88.2 cm³/mol. The highest BCUT2D eigenvalue weighted by molar-refractivity contribution is 6.30. The van der Waals surface area contributed by atoms with Crippen LogP contribution in [0.2, 0.25) is 5.02 Å². The van der Waals surface area contributed by atoms with E-state index in [2.05, 4.69) is 10.6 Å². The number of carbonyl (C=O) groups is 1. The van der Waals surface area contributed by atoms with Gasteiger partial charge < -0.3 is 15.4 Å². The van der Waals surface area contributed by atoms with Crippen LogP contribution in [0.15, 0.2) is 48.5 Å². The number of halogens is 1. The van der Waals surface area contributed by atoms with Gasteiger partial charge in [-0.3, -0.25) is 0 Å². The molecule has 2 amide bonds. The van der Waals surface area contributed by atoms with E-state index in [-0.39, 0.29) is 12.1 Å². The van der Waals surface area contributed by atoms with E-state index in [9.17, 15) is 4.79 Å². The van der Waals surface area contributed by atoms with E-state index in [1.165, 1.54) is 0 Å². The number of ether oxygens (including phenoxy) is 1. The van der Waals surface area contributed by atoms with Crippen molar-refractivity contribution in [2.24, 2.45) is 0 Å². The summed E-state index contributed by atoms with van der Waals surface area (Å²) in [6, 6.07) is 14.7. The summed E-state index contributed by atoms with van der Waals surface area (Å²) < 4.78 is 5.15. The summed E-state index contributed by atoms with van der Waals surface area (Å²) >= 11 is 5.85. The Morgan fingerprint density at radius 1 is 1.23 bits per heavy atom. The Hall–Kier alpha value is -2.20. The van der Waals surface area contributed by atoms with Gasteiger partial charge in [0.1, 0.15) is 5.75 Å². The van der Waals surface area contributed by atoms with E-state index in [0.29, 0.717) is 11.6 Å². The normalized spacial score (nSPS) is 11.6. The molecule has 4 nitrogen and oxygen atoms in total. The Balaban J connectivity index is 1.85. The van der Waals surface area contributed by atoms with E-state index < -0.39 is 0 Å². The maximum absolute atomic E-state index is 11.9. The maximum atomic E-state index is 11.9. The van der Waals surface area contributed by atoms with Crippen molar-refractivity contribution in [2.75, 3.05) is 7.11 Å². The minimum Gasteiger partial charge on any atom is -0.497 e. The molecule has 0 saturated carbocycles. The summed E-state index contributed by atoms with van der Waals surface area (Å²) in [5.41, 5.74) is 1.98. The van der Waals surface area contributed by atoms with Crippen LogP contribution in [0.4, 0.5) is 4.79 Å². The molecule has 0 aromatic heterocycles. The molecule has 2 rings (SSSR count). The molecule has 2 N–H and O–H groups in total. The number of rotatable bonds is 5. The van der Waals surface area contributed by atoms with E-state index in [4.69, 9.17) is 16.3 Å². The van der Waals surface area contributed by atoms with Crippen LogP contribution < -0.4 is 15.4 Å². The zero-order valence-electron chi connectivity index (χ0n) is 12.6. The fourth-order valence-corrected chi connectivity index (χ4v) is 2.17. The lowest BCUT2D eigenvalue weighted by Gasteiger charge is -2.15. The molecule has 22 heavy (non-hydrogen) atoms. The predicted octanol–water partition coefficient (Wildman–Crippen LogP) is 3.91. The standard InChI is InChI=1S/C17H19ClN2O2/c1-12(14-6-8-15(18)9-7-14)20-17(21)19-11-13-4-3-5-16(10-13)22-2/h3-10,12H,11H2,1-2H3,(H2,19,20,21)/t12-/m1/s1. The van der Waals surface area contributed by atoms with Gasteiger partial charge in [-0.25, -0.2) is 4.79 Å². The van der Waals surface area contributed by atoms with Gasteiger partial charge >= 0.3 is 6.03 Å². The number of benzene rings is 2. The lowest BCUT2D eigenvalue weighted by molar-refractivity contribution is 0.237. The van der Waals surface area contributed by atoms with Crippen LogP contribution in [0.25, 0.3) is 0 Å². The molecule has 0 spiro atoms. The van der Waals surface area contributed by atoms with Crippen LogP contribution in [0.5, 0.6) is 5.75 Å². The molecule has 0 aliphatic heterocycles. The van der Waals surface area contributed by atoms with Gasteiger partial charge in [0.15, 0.2) is 0 Å². The van der Waals surface area contributed by atoms with Crippen LogP contribution in [-0.2, 0) is 6.54 Å². The van der Waals surface area contributed by atoms with Crippen molar-refractivity contribution in [1.29, 1.82) is 0 Å². The first-order valence-corrected chi connectivity index (χ1v) is 7.39. The zero-order valence-corrected chi connectivity index (χ0v) is 13.4. The van der Waals surface area contributed by atoms with E-state index in [1.807, 2.05) is 55.5 Å². The Kier molecular flexibility index (Phi) is 5.67. The summed E-state index contributed by atoms with van der Waals surface area (Å²) in [4.78, 5) is 11.9. The number of amides is 2. The van der Waals surface area contributed by atoms with Gasteiger partial charge in [0.25, 0.3) is 0 Å². The highest BCUT2D eigenvalue weighted by Crippen LogP contribution is 2.16. The zero-order chi connectivity index (χ0) is 15.9. The van der Waals surface area contributed by atoms with Crippen molar-refractivity contribution >= 4 is 17.6 Å². The van der Waals surface area contributed by atoms with Gasteiger partial charge in [-0.2, -0.15) is 0 Å². The SMILES string of the molecule is COc1cccc(CNC(=O)N[C@H](C)c2ccc(Cl)cc2)c1. The van der Waals surface area contributed by atoms with E-state index >= 15 is 0 Å². The molecule has 0 aliphatic rings. The number of carbonyl (C=O) groups excluding carboxylic acids is 1. The summed E-state index contributed by atoms with van der Waals surface area (Å²) in [5, 5.41) is 6.40. The third-order valence-electron chi connectivity index (χ3n) is 3.30. The molecule has 0 unspecified atom stereocenters. The number of hydrogen-bond acceptors (Lipinski definition) is 2. The largest absolute Gasteiger partial charge is 0.497 e. The highest BCUT2D eigenvalue weighted by Gasteiger charge is 2.09. The average Bonchev–Trinajstić information content (AvgIpc) is 2.53. The molecule has 0 heterocycles. The Bertz CT molecular complexity index is 629. The lowest BCUT2D eigenvalue weighted by atomic mass is 10.1. The first kappa shape index (κ1) is 16.2. The molecule has 0 radical (unpaired) electrons. The number of urea groups is 1. The quantitative estimate of drug-likeness (QED) is 0.878. The monoisotopic (exact) mass is 318 g/mol. The summed E-state index contributed by atoms with van der Waals surface area (Å²) in [5.74, 6) is 0.772. The Morgan fingerprint density at radius 3 is 2.64 bits per heavy atom. The smallest absolute Gasteiger partial charge is 0.315 e. The molecule has 0 saturated heterocycles. The number of methoxy groups -OCH3 is 1. The molecule has 0 aliphatic carbocycles. The fraction of sp³-hybridized carbons (Fsp3) is 0.235. The summed E-state index contributed by atoms with van der Waals surface area (Å²) in [6.45, 7) is 2.37. The second-order valence-electron chi connectivity index (χ2n) is 4.95. The third kappa shape index (κ3) is 4.67. The molecule has 5 heteroatoms. The molecule has 0 bridgehead atoms. The molecule has 1 atom stereocenters. The van der Waals surface area contributed by atoms with Crippen LogP contribution in [0.1, 0.15) is 24.1 Å². The molecular weight excluding hydrogens is 300 g/mol. The van der Waals surface area contributed by atoms with Gasteiger partial charge in [0, 0.05) is 11.6 Å². The van der Waals surface area contributed by atoms with Gasteiger partial charge in [0.2, 0.25) is 0 Å². The van der Waals surface area contributed by atoms with Crippen LogP contribution in [0.3, 0.4) is 0 Å². The Morgan fingerprint density at radius 2 is 1.95 bits per heavy atom. The highest BCUT2D eigenvalue weighted by atomic mass is 35.5. The van der Waals surface area contributed by atoms with Crippen molar-refractivity contribution in [3.63, 3.8) is 0 Å². The van der Waals surface area contributed by atoms with Crippen LogP contribution in [0, 0.1) is 0 Å². The third-order valence-corrected chi connectivity index (χ3v) is 3.56. The average molecular weight is 319 g/mol. The van der Waals surface area contributed by atoms with Crippen LogP contribution in [-0.4, -0.2) is 13.1 Å². The van der Waals surface area contributed by atoms with Gasteiger partial charge in [-0.05, 0) is 42.3 Å². The van der Waals surface area contributed by atoms with Crippen molar-refractivity contribution in [1.82, 2.24) is 10.6 Å². The lowest BCUT2D eigenvalue weighted by Crippen LogP contribution is -2.36. The number of nitrogens with one attached hydrogen (secondary N) is 2. The topological polar surface area (TPSA) is 50.4 Å².